The second-order valence-electron chi connectivity index (χ2n) is 4.75. The van der Waals surface area contributed by atoms with Crippen molar-refractivity contribution in [1.29, 1.82) is 0 Å². The van der Waals surface area contributed by atoms with Crippen molar-refractivity contribution in [3.8, 4) is 0 Å². The van der Waals surface area contributed by atoms with E-state index in [0.717, 1.165) is 13.0 Å². The standard InChI is InChI=1S/C11H23F3N2O/c1-4-6-15-10(2,9-17)5-7-16(3)8-11(12,13)14/h15,17H,4-9H2,1-3H3. The minimum atomic E-state index is -4.17. The Morgan fingerprint density at radius 2 is 1.88 bits per heavy atom. The SMILES string of the molecule is CCCNC(C)(CO)CCN(C)CC(F)(F)F. The van der Waals surface area contributed by atoms with Crippen molar-refractivity contribution < 1.29 is 18.3 Å². The Labute approximate surface area is 101 Å². The maximum Gasteiger partial charge on any atom is 0.401 e. The number of hydrogen-bond donors (Lipinski definition) is 2. The van der Waals surface area contributed by atoms with Gasteiger partial charge in [-0.1, -0.05) is 6.92 Å². The summed E-state index contributed by atoms with van der Waals surface area (Å²) in [6.07, 6.45) is -2.76. The number of alkyl halides is 3. The average molecular weight is 256 g/mol. The zero-order valence-electron chi connectivity index (χ0n) is 10.8. The molecule has 0 saturated carbocycles. The molecule has 0 amide bonds. The van der Waals surface area contributed by atoms with Crippen LogP contribution in [-0.4, -0.2) is 55.0 Å². The first-order chi connectivity index (χ1) is 7.72. The van der Waals surface area contributed by atoms with Gasteiger partial charge in [0.05, 0.1) is 13.2 Å². The number of nitrogens with zero attached hydrogens (tertiary/aromatic N) is 1. The lowest BCUT2D eigenvalue weighted by molar-refractivity contribution is -0.143. The molecule has 0 aliphatic heterocycles. The fraction of sp³-hybridized carbons (Fsp3) is 1.00. The van der Waals surface area contributed by atoms with Crippen molar-refractivity contribution in [2.24, 2.45) is 0 Å². The molecule has 0 saturated heterocycles. The van der Waals surface area contributed by atoms with Crippen molar-refractivity contribution >= 4 is 0 Å². The molecule has 0 aromatic rings. The summed E-state index contributed by atoms with van der Waals surface area (Å²) >= 11 is 0. The highest BCUT2D eigenvalue weighted by Gasteiger charge is 2.30. The maximum atomic E-state index is 12.1. The van der Waals surface area contributed by atoms with Crippen LogP contribution in [0.2, 0.25) is 0 Å². The predicted molar refractivity (Wildman–Crippen MR) is 62.0 cm³/mol. The van der Waals surface area contributed by atoms with Gasteiger partial charge in [-0.15, -0.1) is 0 Å². The molecule has 0 radical (unpaired) electrons. The van der Waals surface area contributed by atoms with E-state index < -0.39 is 18.3 Å². The molecule has 0 heterocycles. The third-order valence-electron chi connectivity index (χ3n) is 2.65. The molecule has 0 spiro atoms. The van der Waals surface area contributed by atoms with E-state index in [1.807, 2.05) is 13.8 Å². The van der Waals surface area contributed by atoms with Crippen molar-refractivity contribution in [2.45, 2.75) is 38.4 Å². The number of aliphatic hydroxyl groups is 1. The maximum absolute atomic E-state index is 12.1. The Morgan fingerprint density at radius 3 is 2.29 bits per heavy atom. The summed E-state index contributed by atoms with van der Waals surface area (Å²) in [7, 11) is 1.44. The van der Waals surface area contributed by atoms with Crippen LogP contribution >= 0.6 is 0 Å². The van der Waals surface area contributed by atoms with Gasteiger partial charge in [0, 0.05) is 5.54 Å². The molecule has 1 unspecified atom stereocenters. The zero-order chi connectivity index (χ0) is 13.5. The molecule has 2 N–H and O–H groups in total. The van der Waals surface area contributed by atoms with E-state index in [1.165, 1.54) is 11.9 Å². The first-order valence-corrected chi connectivity index (χ1v) is 5.83. The molecule has 0 aromatic carbocycles. The van der Waals surface area contributed by atoms with Crippen molar-refractivity contribution in [2.75, 3.05) is 33.3 Å². The van der Waals surface area contributed by atoms with Gasteiger partial charge in [-0.25, -0.2) is 0 Å². The van der Waals surface area contributed by atoms with Crippen molar-refractivity contribution in [1.82, 2.24) is 10.2 Å². The number of rotatable bonds is 8. The minimum absolute atomic E-state index is 0.0765. The van der Waals surface area contributed by atoms with E-state index in [-0.39, 0.29) is 6.61 Å². The molecular weight excluding hydrogens is 233 g/mol. The molecule has 0 aliphatic carbocycles. The topological polar surface area (TPSA) is 35.5 Å². The van der Waals surface area contributed by atoms with E-state index in [0.29, 0.717) is 13.0 Å². The number of aliphatic hydroxyl groups excluding tert-OH is 1. The second kappa shape index (κ2) is 7.18. The molecule has 17 heavy (non-hydrogen) atoms. The first-order valence-electron chi connectivity index (χ1n) is 5.83. The van der Waals surface area contributed by atoms with E-state index in [2.05, 4.69) is 5.32 Å². The molecule has 0 fully saturated rings. The predicted octanol–water partition coefficient (Wildman–Crippen LogP) is 1.62. The third kappa shape index (κ3) is 8.40. The normalized spacial score (nSPS) is 16.2. The van der Waals surface area contributed by atoms with Crippen LogP contribution in [0, 0.1) is 0 Å². The first kappa shape index (κ1) is 16.7. The van der Waals surface area contributed by atoms with Gasteiger partial charge in [-0.05, 0) is 39.9 Å². The van der Waals surface area contributed by atoms with Gasteiger partial charge in [-0.2, -0.15) is 13.2 Å². The Balaban J connectivity index is 4.04. The Bertz CT molecular complexity index is 211. The molecule has 0 aliphatic rings. The summed E-state index contributed by atoms with van der Waals surface area (Å²) < 4.78 is 36.3. The number of hydrogen-bond acceptors (Lipinski definition) is 3. The average Bonchev–Trinajstić information content (AvgIpc) is 2.21. The largest absolute Gasteiger partial charge is 0.401 e. The van der Waals surface area contributed by atoms with Gasteiger partial charge in [-0.3, -0.25) is 4.90 Å². The van der Waals surface area contributed by atoms with Gasteiger partial charge in [0.25, 0.3) is 0 Å². The molecule has 3 nitrogen and oxygen atoms in total. The van der Waals surface area contributed by atoms with Crippen LogP contribution in [0.4, 0.5) is 13.2 Å². The highest BCUT2D eigenvalue weighted by Crippen LogP contribution is 2.17. The van der Waals surface area contributed by atoms with Crippen LogP contribution in [0.25, 0.3) is 0 Å². The fourth-order valence-electron chi connectivity index (χ4n) is 1.47. The summed E-state index contributed by atoms with van der Waals surface area (Å²) in [6.45, 7) is 3.88. The Hall–Kier alpha value is -0.330. The van der Waals surface area contributed by atoms with Gasteiger partial charge >= 0.3 is 6.18 Å². The minimum Gasteiger partial charge on any atom is -0.394 e. The third-order valence-corrected chi connectivity index (χ3v) is 2.65. The van der Waals surface area contributed by atoms with Crippen LogP contribution in [0.3, 0.4) is 0 Å². The summed E-state index contributed by atoms with van der Waals surface area (Å²) in [5, 5.41) is 12.4. The molecule has 104 valence electrons. The van der Waals surface area contributed by atoms with Crippen LogP contribution in [-0.2, 0) is 0 Å². The van der Waals surface area contributed by atoms with Gasteiger partial charge in [0.1, 0.15) is 0 Å². The summed E-state index contributed by atoms with van der Waals surface area (Å²) in [5.74, 6) is 0. The highest BCUT2D eigenvalue weighted by molar-refractivity contribution is 4.83. The fourth-order valence-corrected chi connectivity index (χ4v) is 1.47. The Morgan fingerprint density at radius 1 is 1.29 bits per heavy atom. The smallest absolute Gasteiger partial charge is 0.394 e. The summed E-state index contributed by atoms with van der Waals surface area (Å²) in [6, 6.07) is 0. The Kier molecular flexibility index (Phi) is 7.04. The van der Waals surface area contributed by atoms with Crippen molar-refractivity contribution in [3.05, 3.63) is 0 Å². The van der Waals surface area contributed by atoms with Gasteiger partial charge in [0.15, 0.2) is 0 Å². The molecule has 6 heteroatoms. The molecule has 0 bridgehead atoms. The number of halogens is 3. The summed E-state index contributed by atoms with van der Waals surface area (Å²) in [5.41, 5.74) is -0.504. The van der Waals surface area contributed by atoms with Crippen LogP contribution in [0.5, 0.6) is 0 Å². The lowest BCUT2D eigenvalue weighted by Crippen LogP contribution is -2.48. The van der Waals surface area contributed by atoms with E-state index in [4.69, 9.17) is 0 Å². The lowest BCUT2D eigenvalue weighted by atomic mass is 9.98. The highest BCUT2D eigenvalue weighted by atomic mass is 19.4. The summed E-state index contributed by atoms with van der Waals surface area (Å²) in [4.78, 5) is 1.22. The van der Waals surface area contributed by atoms with Crippen LogP contribution < -0.4 is 5.32 Å². The van der Waals surface area contributed by atoms with E-state index >= 15 is 0 Å². The molecule has 0 aromatic heterocycles. The molecule has 0 rings (SSSR count). The monoisotopic (exact) mass is 256 g/mol. The quantitative estimate of drug-likeness (QED) is 0.693. The van der Waals surface area contributed by atoms with Crippen LogP contribution in [0.15, 0.2) is 0 Å². The zero-order valence-corrected chi connectivity index (χ0v) is 10.8. The van der Waals surface area contributed by atoms with E-state index in [1.54, 1.807) is 0 Å². The van der Waals surface area contributed by atoms with Gasteiger partial charge in [0.2, 0.25) is 0 Å². The van der Waals surface area contributed by atoms with E-state index in [9.17, 15) is 18.3 Å². The second-order valence-corrected chi connectivity index (χ2v) is 4.75. The van der Waals surface area contributed by atoms with Crippen molar-refractivity contribution in [3.63, 3.8) is 0 Å². The number of nitrogens with one attached hydrogen (secondary N) is 1. The van der Waals surface area contributed by atoms with Crippen LogP contribution in [0.1, 0.15) is 26.7 Å². The molecular formula is C11H23F3N2O. The molecule has 1 atom stereocenters. The van der Waals surface area contributed by atoms with Gasteiger partial charge < -0.3 is 10.4 Å². The lowest BCUT2D eigenvalue weighted by Gasteiger charge is -2.31.